The maximum atomic E-state index is 13.6. The first kappa shape index (κ1) is 24.4. The first-order chi connectivity index (χ1) is 17.4. The number of nitro groups is 1. The minimum absolute atomic E-state index is 0.0157. The topological polar surface area (TPSA) is 130 Å². The fourth-order valence-electron chi connectivity index (χ4n) is 4.96. The molecule has 1 aromatic heterocycles. The van der Waals surface area contributed by atoms with Gasteiger partial charge in [0.05, 0.1) is 40.5 Å². The molecule has 3 aliphatic rings. The summed E-state index contributed by atoms with van der Waals surface area (Å²) in [5, 5.41) is 18.2. The summed E-state index contributed by atoms with van der Waals surface area (Å²) in [5.74, 6) is -0.405. The SMILES string of the molecule is CNc1cncc(C(=O)N2CCC[C@@H](Nc3c(C(=O)N4CCOC5CC54)cc(Br)cc3[N+](=O)[O-])C2)c1. The third-order valence-electron chi connectivity index (χ3n) is 6.87. The minimum atomic E-state index is -0.482. The van der Waals surface area contributed by atoms with Crippen molar-refractivity contribution in [3.8, 4) is 0 Å². The molecule has 2 unspecified atom stereocenters. The number of likely N-dealkylation sites (tertiary alicyclic amines) is 1. The quantitative estimate of drug-likeness (QED) is 0.408. The van der Waals surface area contributed by atoms with E-state index in [9.17, 15) is 19.7 Å². The van der Waals surface area contributed by atoms with E-state index in [1.807, 2.05) is 0 Å². The Hall–Kier alpha value is -3.25. The summed E-state index contributed by atoms with van der Waals surface area (Å²) in [6, 6.07) is 4.54. The lowest BCUT2D eigenvalue weighted by molar-refractivity contribution is -0.384. The lowest BCUT2D eigenvalue weighted by atomic mass is 10.0. The maximum Gasteiger partial charge on any atom is 0.294 e. The number of fused-ring (bicyclic) bond motifs is 1. The third kappa shape index (κ3) is 4.87. The number of anilines is 2. The normalized spacial score (nSPS) is 23.0. The number of rotatable bonds is 6. The highest BCUT2D eigenvalue weighted by Gasteiger charge is 2.48. The number of ether oxygens (including phenoxy) is 1. The van der Waals surface area contributed by atoms with Gasteiger partial charge in [-0.15, -0.1) is 0 Å². The Kier molecular flexibility index (Phi) is 6.80. The van der Waals surface area contributed by atoms with Crippen molar-refractivity contribution >= 4 is 44.8 Å². The molecule has 0 bridgehead atoms. The van der Waals surface area contributed by atoms with Crippen molar-refractivity contribution < 1.29 is 19.2 Å². The Morgan fingerprint density at radius 3 is 2.83 bits per heavy atom. The number of aromatic nitrogens is 1. The molecule has 190 valence electrons. The molecule has 2 aromatic rings. The Morgan fingerprint density at radius 1 is 1.22 bits per heavy atom. The molecule has 1 aliphatic carbocycles. The highest BCUT2D eigenvalue weighted by atomic mass is 79.9. The number of nitro benzene ring substituents is 1. The molecule has 2 saturated heterocycles. The average molecular weight is 559 g/mol. The van der Waals surface area contributed by atoms with Crippen molar-refractivity contribution in [2.45, 2.75) is 37.5 Å². The van der Waals surface area contributed by atoms with Crippen LogP contribution in [0, 0.1) is 10.1 Å². The Bertz CT molecular complexity index is 1210. The van der Waals surface area contributed by atoms with Crippen LogP contribution in [0.3, 0.4) is 0 Å². The number of hydrogen-bond donors (Lipinski definition) is 2. The summed E-state index contributed by atoms with van der Waals surface area (Å²) in [5.41, 5.74) is 1.47. The molecular formula is C24H27BrN6O5. The molecule has 1 aromatic carbocycles. The van der Waals surface area contributed by atoms with Crippen molar-refractivity contribution in [1.82, 2.24) is 14.8 Å². The van der Waals surface area contributed by atoms with Crippen LogP contribution in [0.15, 0.2) is 35.1 Å². The summed E-state index contributed by atoms with van der Waals surface area (Å²) < 4.78 is 6.08. The van der Waals surface area contributed by atoms with Crippen molar-refractivity contribution in [2.75, 3.05) is 43.9 Å². The molecule has 36 heavy (non-hydrogen) atoms. The summed E-state index contributed by atoms with van der Waals surface area (Å²) in [6.45, 7) is 1.83. The van der Waals surface area contributed by atoms with E-state index in [1.165, 1.54) is 12.3 Å². The van der Waals surface area contributed by atoms with Crippen LogP contribution in [0.2, 0.25) is 0 Å². The highest BCUT2D eigenvalue weighted by molar-refractivity contribution is 9.10. The van der Waals surface area contributed by atoms with E-state index < -0.39 is 4.92 Å². The molecule has 0 radical (unpaired) electrons. The van der Waals surface area contributed by atoms with E-state index in [1.54, 1.807) is 35.2 Å². The second-order valence-corrected chi connectivity index (χ2v) is 10.2. The van der Waals surface area contributed by atoms with Crippen LogP contribution in [0.5, 0.6) is 0 Å². The van der Waals surface area contributed by atoms with Crippen LogP contribution in [0.25, 0.3) is 0 Å². The van der Waals surface area contributed by atoms with Gasteiger partial charge in [-0.25, -0.2) is 0 Å². The maximum absolute atomic E-state index is 13.6. The zero-order valence-electron chi connectivity index (χ0n) is 19.8. The predicted molar refractivity (Wildman–Crippen MR) is 136 cm³/mol. The van der Waals surface area contributed by atoms with Crippen LogP contribution in [-0.2, 0) is 4.74 Å². The highest BCUT2D eigenvalue weighted by Crippen LogP contribution is 2.39. The van der Waals surface area contributed by atoms with Gasteiger partial charge in [0.2, 0.25) is 0 Å². The van der Waals surface area contributed by atoms with Crippen molar-refractivity contribution in [3.63, 3.8) is 0 Å². The summed E-state index contributed by atoms with van der Waals surface area (Å²) >= 11 is 3.33. The van der Waals surface area contributed by atoms with Gasteiger partial charge in [-0.1, -0.05) is 15.9 Å². The molecule has 3 atom stereocenters. The van der Waals surface area contributed by atoms with E-state index in [0.29, 0.717) is 42.7 Å². The fraction of sp³-hybridized carbons (Fsp3) is 0.458. The number of nitrogens with one attached hydrogen (secondary N) is 2. The molecule has 2 N–H and O–H groups in total. The minimum Gasteiger partial charge on any atom is -0.387 e. The molecule has 0 spiro atoms. The number of carbonyl (C=O) groups is 2. The molecule has 3 fully saturated rings. The molecule has 1 saturated carbocycles. The molecule has 11 nitrogen and oxygen atoms in total. The number of piperidine rings is 1. The van der Waals surface area contributed by atoms with E-state index in [2.05, 4.69) is 31.5 Å². The van der Waals surface area contributed by atoms with Crippen LogP contribution < -0.4 is 10.6 Å². The van der Waals surface area contributed by atoms with Gasteiger partial charge in [0.25, 0.3) is 17.5 Å². The molecule has 2 aliphatic heterocycles. The number of carbonyl (C=O) groups excluding carboxylic acids is 2. The second-order valence-electron chi connectivity index (χ2n) is 9.26. The number of nitrogens with zero attached hydrogens (tertiary/aromatic N) is 4. The van der Waals surface area contributed by atoms with E-state index in [4.69, 9.17) is 4.74 Å². The molecule has 2 amide bonds. The van der Waals surface area contributed by atoms with Crippen LogP contribution in [0.4, 0.5) is 17.1 Å². The predicted octanol–water partition coefficient (Wildman–Crippen LogP) is 3.12. The largest absolute Gasteiger partial charge is 0.387 e. The van der Waals surface area contributed by atoms with Gasteiger partial charge >= 0.3 is 0 Å². The van der Waals surface area contributed by atoms with E-state index in [-0.39, 0.29) is 46.9 Å². The first-order valence-corrected chi connectivity index (χ1v) is 12.7. The Labute approximate surface area is 216 Å². The second kappa shape index (κ2) is 10.0. The van der Waals surface area contributed by atoms with Crippen molar-refractivity contribution in [2.24, 2.45) is 0 Å². The van der Waals surface area contributed by atoms with Gasteiger partial charge in [0.1, 0.15) is 5.69 Å². The number of amides is 2. The Morgan fingerprint density at radius 2 is 2.06 bits per heavy atom. The number of morpholine rings is 1. The van der Waals surface area contributed by atoms with Gasteiger partial charge in [-0.2, -0.15) is 0 Å². The average Bonchev–Trinajstić information content (AvgIpc) is 3.69. The monoisotopic (exact) mass is 558 g/mol. The van der Waals surface area contributed by atoms with Gasteiger partial charge in [0, 0.05) is 55.7 Å². The van der Waals surface area contributed by atoms with Gasteiger partial charge in [-0.05, 0) is 31.4 Å². The zero-order valence-corrected chi connectivity index (χ0v) is 21.4. The number of hydrogen-bond acceptors (Lipinski definition) is 8. The molecule has 12 heteroatoms. The molecular weight excluding hydrogens is 532 g/mol. The summed E-state index contributed by atoms with van der Waals surface area (Å²) in [7, 11) is 1.76. The summed E-state index contributed by atoms with van der Waals surface area (Å²) in [4.78, 5) is 45.8. The standard InChI is InChI=1S/C24H27BrN6O5/c1-26-17-7-14(11-27-12-17)23(32)29-4-2-3-16(13-29)28-22-18(8-15(25)9-20(22)31(34)35)24(33)30-5-6-36-21-10-19(21)30/h7-9,11-12,16,19,21,26,28H,2-6,10,13H2,1H3/t16-,19?,21?/m1/s1. The van der Waals surface area contributed by atoms with E-state index in [0.717, 1.165) is 18.5 Å². The van der Waals surface area contributed by atoms with Crippen LogP contribution in [-0.4, -0.2) is 83.0 Å². The van der Waals surface area contributed by atoms with Gasteiger partial charge < -0.3 is 25.2 Å². The molecule has 3 heterocycles. The third-order valence-corrected chi connectivity index (χ3v) is 7.32. The lowest BCUT2D eigenvalue weighted by Crippen LogP contribution is -2.46. The first-order valence-electron chi connectivity index (χ1n) is 11.9. The van der Waals surface area contributed by atoms with Crippen LogP contribution >= 0.6 is 15.9 Å². The fourth-order valence-corrected chi connectivity index (χ4v) is 5.40. The number of pyridine rings is 1. The van der Waals surface area contributed by atoms with Crippen molar-refractivity contribution in [3.05, 3.63) is 56.3 Å². The van der Waals surface area contributed by atoms with Gasteiger partial charge in [0.15, 0.2) is 0 Å². The van der Waals surface area contributed by atoms with Gasteiger partial charge in [-0.3, -0.25) is 24.7 Å². The lowest BCUT2D eigenvalue weighted by Gasteiger charge is -2.34. The number of benzene rings is 1. The smallest absolute Gasteiger partial charge is 0.294 e. The van der Waals surface area contributed by atoms with Crippen LogP contribution in [0.1, 0.15) is 40.0 Å². The summed E-state index contributed by atoms with van der Waals surface area (Å²) in [6.07, 6.45) is 5.44. The molecule has 5 rings (SSSR count). The van der Waals surface area contributed by atoms with E-state index >= 15 is 0 Å². The van der Waals surface area contributed by atoms with Crippen molar-refractivity contribution in [1.29, 1.82) is 0 Å². The number of halogens is 1. The Balaban J connectivity index is 1.40. The zero-order chi connectivity index (χ0) is 25.4.